The van der Waals surface area contributed by atoms with Gasteiger partial charge in [0.15, 0.2) is 0 Å². The Morgan fingerprint density at radius 3 is 2.61 bits per heavy atom. The first-order chi connectivity index (χ1) is 8.58. The second-order valence-electron chi connectivity index (χ2n) is 6.26. The van der Waals surface area contributed by atoms with E-state index in [-0.39, 0.29) is 40.3 Å². The fourth-order valence-electron chi connectivity index (χ4n) is 3.84. The zero-order valence-electron chi connectivity index (χ0n) is 10.1. The number of alkyl halides is 2. The molecule has 0 radical (unpaired) electrons. The van der Waals surface area contributed by atoms with E-state index in [9.17, 15) is 4.79 Å². The Hall–Kier alpha value is 0.810. The second-order valence-corrected chi connectivity index (χ2v) is 13.3. The Labute approximate surface area is 124 Å². The molecule has 2 bridgehead atoms. The molecule has 0 aromatic heterocycles. The Kier molecular flexibility index (Phi) is 2.02. The first kappa shape index (κ1) is 11.5. The van der Waals surface area contributed by atoms with Crippen LogP contribution >= 0.6 is 20.4 Å². The molecule has 5 nitrogen and oxygen atoms in total. The van der Waals surface area contributed by atoms with Crippen LogP contribution in [0.3, 0.4) is 0 Å². The third-order valence-electron chi connectivity index (χ3n) is 5.13. The van der Waals surface area contributed by atoms with E-state index in [0.717, 1.165) is 12.3 Å². The third kappa shape index (κ3) is 1.26. The minimum atomic E-state index is -1.06. The molecule has 18 heavy (non-hydrogen) atoms. The molecule has 5 fully saturated rings. The van der Waals surface area contributed by atoms with Crippen molar-refractivity contribution in [3.05, 3.63) is 0 Å². The second kappa shape index (κ2) is 3.18. The molecule has 0 spiro atoms. The van der Waals surface area contributed by atoms with Crippen molar-refractivity contribution in [2.45, 2.75) is 45.4 Å². The molecule has 3 heterocycles. The minimum absolute atomic E-state index is 0.0441. The van der Waals surface area contributed by atoms with Gasteiger partial charge in [-0.15, -0.1) is 0 Å². The van der Waals surface area contributed by atoms with Gasteiger partial charge in [0, 0.05) is 0 Å². The van der Waals surface area contributed by atoms with Gasteiger partial charge in [-0.05, 0) is 0 Å². The molecule has 3 aliphatic heterocycles. The van der Waals surface area contributed by atoms with Crippen LogP contribution < -0.4 is 32.1 Å². The Morgan fingerprint density at radius 1 is 1.44 bits per heavy atom. The first-order valence-corrected chi connectivity index (χ1v) is 11.9. The Bertz CT molecular complexity index is 463. The summed E-state index contributed by atoms with van der Waals surface area (Å²) < 4.78 is 16.1. The average Bonchev–Trinajstić information content (AvgIpc) is 3.17. The van der Waals surface area contributed by atoms with Crippen LogP contribution in [0.1, 0.15) is 32.6 Å². The van der Waals surface area contributed by atoms with Crippen LogP contribution in [0.2, 0.25) is 0 Å². The molecule has 2 saturated carbocycles. The molecular formula is C11H16I2N3O2-. The van der Waals surface area contributed by atoms with Gasteiger partial charge in [-0.1, -0.05) is 0 Å². The number of carbonyl (C=O) groups excluding carboxylic acids is 1. The van der Waals surface area contributed by atoms with Gasteiger partial charge in [-0.3, -0.25) is 0 Å². The van der Waals surface area contributed by atoms with Crippen LogP contribution in [0.25, 0.3) is 0 Å². The molecule has 7 heteroatoms. The summed E-state index contributed by atoms with van der Waals surface area (Å²) in [5, 5.41) is 0. The fourth-order valence-corrected chi connectivity index (χ4v) is 13.9. The van der Waals surface area contributed by atoms with E-state index in [1.54, 1.807) is 0 Å². The van der Waals surface area contributed by atoms with Gasteiger partial charge in [0.25, 0.3) is 0 Å². The fraction of sp³-hybridized carbons (Fsp3) is 0.909. The van der Waals surface area contributed by atoms with Crippen molar-refractivity contribution >= 4 is 26.3 Å². The van der Waals surface area contributed by atoms with Crippen molar-refractivity contribution < 1.29 is 31.0 Å². The van der Waals surface area contributed by atoms with Gasteiger partial charge in [-0.25, -0.2) is 0 Å². The summed E-state index contributed by atoms with van der Waals surface area (Å²) in [5.74, 6) is 1.47. The SMILES string of the molecule is CC1(OC(=O)C2(C34NI3N4)N[I-]2)CC2CCC1C2. The van der Waals surface area contributed by atoms with Crippen molar-refractivity contribution in [2.75, 3.05) is 0 Å². The number of ether oxygens (including phenoxy) is 1. The predicted octanol–water partition coefficient (Wildman–Crippen LogP) is -2.39. The van der Waals surface area contributed by atoms with Crippen LogP contribution in [0.5, 0.6) is 0 Å². The van der Waals surface area contributed by atoms with Crippen molar-refractivity contribution in [3.8, 4) is 0 Å². The molecule has 5 rings (SSSR count). The molecule has 0 aromatic carbocycles. The summed E-state index contributed by atoms with van der Waals surface area (Å²) in [6, 6.07) is 0. The third-order valence-corrected chi connectivity index (χ3v) is 13.6. The maximum absolute atomic E-state index is 12.6. The molecule has 5 aliphatic rings. The number of esters is 1. The summed E-state index contributed by atoms with van der Waals surface area (Å²) in [6.07, 6.45) is 4.97. The molecule has 4 atom stereocenters. The number of fused-ring (bicyclic) bond motifs is 3. The quantitative estimate of drug-likeness (QED) is 0.106. The normalized spacial score (nSPS) is 55.5. The summed E-state index contributed by atoms with van der Waals surface area (Å²) in [6.45, 7) is 2.16. The molecule has 3 saturated heterocycles. The van der Waals surface area contributed by atoms with Gasteiger partial charge in [0.1, 0.15) is 0 Å². The van der Waals surface area contributed by atoms with E-state index in [2.05, 4.69) is 17.5 Å². The van der Waals surface area contributed by atoms with E-state index in [1.807, 2.05) is 0 Å². The summed E-state index contributed by atoms with van der Waals surface area (Å²) in [5.41, 5.74) is -0.166. The maximum atomic E-state index is 12.6. The number of carbonyl (C=O) groups is 1. The number of nitrogens with one attached hydrogen (secondary N) is 3. The van der Waals surface area contributed by atoms with E-state index < -0.39 is 20.4 Å². The van der Waals surface area contributed by atoms with Crippen LogP contribution in [0.15, 0.2) is 0 Å². The van der Waals surface area contributed by atoms with Crippen LogP contribution in [-0.4, -0.2) is 18.8 Å². The molecule has 3 N–H and O–H groups in total. The predicted molar refractivity (Wildman–Crippen MR) is 68.8 cm³/mol. The van der Waals surface area contributed by atoms with Crippen molar-refractivity contribution in [3.63, 3.8) is 0 Å². The topological polar surface area (TPSA) is 92.1 Å². The molecule has 2 aliphatic carbocycles. The number of rotatable bonds is 3. The molecular weight excluding hydrogens is 460 g/mol. The monoisotopic (exact) mass is 476 g/mol. The van der Waals surface area contributed by atoms with Gasteiger partial charge < -0.3 is 0 Å². The molecule has 4 unspecified atom stereocenters. The van der Waals surface area contributed by atoms with Gasteiger partial charge >= 0.3 is 125 Å². The van der Waals surface area contributed by atoms with E-state index in [0.29, 0.717) is 5.92 Å². The van der Waals surface area contributed by atoms with Crippen LogP contribution in [-0.2, 0) is 9.53 Å². The number of hydrogen-bond acceptors (Lipinski definition) is 5. The van der Waals surface area contributed by atoms with Gasteiger partial charge in [0.2, 0.25) is 0 Å². The molecule has 0 amide bonds. The standard InChI is InChI=1S/C11H16I2N3O2/c1-9(5-6-2-3-7(9)4-6)18-8(17)10(12-14-10)11-13(15-11)16-11/h6-7,14-16H,2-5H2,1H3/q-1. The average molecular weight is 476 g/mol. The summed E-state index contributed by atoms with van der Waals surface area (Å²) in [4.78, 5) is 12.6. The number of halogens is 2. The van der Waals surface area contributed by atoms with Gasteiger partial charge in [-0.2, -0.15) is 0 Å². The van der Waals surface area contributed by atoms with Crippen molar-refractivity contribution in [1.82, 2.24) is 10.6 Å². The van der Waals surface area contributed by atoms with E-state index in [4.69, 9.17) is 4.74 Å². The Balaban J connectivity index is 1.37. The first-order valence-electron chi connectivity index (χ1n) is 6.49. The zero-order chi connectivity index (χ0) is 12.2. The van der Waals surface area contributed by atoms with Crippen molar-refractivity contribution in [1.29, 1.82) is 0 Å². The van der Waals surface area contributed by atoms with Crippen LogP contribution in [0.4, 0.5) is 0 Å². The molecule has 102 valence electrons. The van der Waals surface area contributed by atoms with Gasteiger partial charge in [0.05, 0.1) is 0 Å². The van der Waals surface area contributed by atoms with Crippen LogP contribution in [0, 0.1) is 11.8 Å². The number of hydrogen-bond donors (Lipinski definition) is 3. The Morgan fingerprint density at radius 2 is 2.17 bits per heavy atom. The zero-order valence-corrected chi connectivity index (χ0v) is 14.4. The van der Waals surface area contributed by atoms with E-state index >= 15 is 0 Å². The summed E-state index contributed by atoms with van der Waals surface area (Å²) >= 11 is -1.26. The summed E-state index contributed by atoms with van der Waals surface area (Å²) in [7, 11) is 0. The van der Waals surface area contributed by atoms with E-state index in [1.165, 1.54) is 19.3 Å². The molecule has 0 aromatic rings. The van der Waals surface area contributed by atoms with Crippen molar-refractivity contribution in [2.24, 2.45) is 11.8 Å².